The van der Waals surface area contributed by atoms with E-state index in [1.807, 2.05) is 0 Å². The quantitative estimate of drug-likeness (QED) is 0.323. The lowest BCUT2D eigenvalue weighted by atomic mass is 9.72. The lowest BCUT2D eigenvalue weighted by Crippen LogP contribution is -2.44. The molecule has 1 saturated carbocycles. The largest absolute Gasteiger partial charge is 0.444 e. The van der Waals surface area contributed by atoms with E-state index in [0.29, 0.717) is 31.0 Å². The molecular weight excluding hydrogens is 444 g/mol. The second-order valence-electron chi connectivity index (χ2n) is 9.42. The Labute approximate surface area is 201 Å². The van der Waals surface area contributed by atoms with Crippen LogP contribution in [0.3, 0.4) is 0 Å². The van der Waals surface area contributed by atoms with Crippen LogP contribution in [0.25, 0.3) is 0 Å². The summed E-state index contributed by atoms with van der Waals surface area (Å²) in [5.41, 5.74) is 0.103. The fourth-order valence-electron chi connectivity index (χ4n) is 3.37. The number of carbonyl (C=O) groups is 2. The van der Waals surface area contributed by atoms with E-state index >= 15 is 0 Å². The predicted molar refractivity (Wildman–Crippen MR) is 128 cm³/mol. The van der Waals surface area contributed by atoms with Crippen LogP contribution >= 0.6 is 11.6 Å². The van der Waals surface area contributed by atoms with E-state index in [1.54, 1.807) is 48.0 Å². The van der Waals surface area contributed by atoms with Crippen molar-refractivity contribution in [2.45, 2.75) is 65.0 Å². The lowest BCUT2D eigenvalue weighted by molar-refractivity contribution is -0.125. The van der Waals surface area contributed by atoms with E-state index in [4.69, 9.17) is 21.1 Å². The van der Waals surface area contributed by atoms with Gasteiger partial charge in [-0.1, -0.05) is 11.8 Å². The summed E-state index contributed by atoms with van der Waals surface area (Å²) in [6.07, 6.45) is 4.11. The van der Waals surface area contributed by atoms with E-state index in [9.17, 15) is 9.59 Å². The van der Waals surface area contributed by atoms with Crippen LogP contribution in [0.1, 0.15) is 58.9 Å². The summed E-state index contributed by atoms with van der Waals surface area (Å²) in [5, 5.41) is 3.39. The highest BCUT2D eigenvalue weighted by atomic mass is 35.5. The molecule has 0 unspecified atom stereocenters. The van der Waals surface area contributed by atoms with E-state index in [0.717, 1.165) is 19.3 Å². The van der Waals surface area contributed by atoms with Crippen molar-refractivity contribution in [3.8, 4) is 11.8 Å². The van der Waals surface area contributed by atoms with E-state index in [2.05, 4.69) is 27.1 Å². The second-order valence-corrected chi connectivity index (χ2v) is 9.75. The van der Waals surface area contributed by atoms with Crippen LogP contribution < -0.4 is 5.32 Å². The van der Waals surface area contributed by atoms with Gasteiger partial charge in [-0.3, -0.25) is 4.79 Å². The first kappa shape index (κ1) is 26.9. The molecule has 1 aromatic rings. The van der Waals surface area contributed by atoms with Crippen molar-refractivity contribution >= 4 is 29.3 Å². The monoisotopic (exact) mass is 478 g/mol. The van der Waals surface area contributed by atoms with Crippen molar-refractivity contribution in [3.63, 3.8) is 0 Å². The Morgan fingerprint density at radius 1 is 1.36 bits per heavy atom. The standard InChI is InChI=1S/C24H35ClN4O4/c1-16(29(5)23(31)33-24(2,3)4)20(30)14-18-12-17(13-18)8-9-19-15-27-22(25)28-21(19)26-10-7-11-32-6/h15-18H,7,10-14H2,1-6H3,(H,26,27,28)/t16-,17?,18?/m0/s1. The van der Waals surface area contributed by atoms with Crippen molar-refractivity contribution < 1.29 is 19.1 Å². The Bertz CT molecular complexity index is 885. The highest BCUT2D eigenvalue weighted by Gasteiger charge is 2.33. The van der Waals surface area contributed by atoms with Gasteiger partial charge in [-0.15, -0.1) is 0 Å². The fourth-order valence-corrected chi connectivity index (χ4v) is 3.51. The topological polar surface area (TPSA) is 93.6 Å². The number of methoxy groups -OCH3 is 1. The molecule has 1 heterocycles. The molecule has 2 rings (SSSR count). The van der Waals surface area contributed by atoms with Gasteiger partial charge in [0.1, 0.15) is 11.4 Å². The Morgan fingerprint density at radius 2 is 2.06 bits per heavy atom. The molecule has 8 nitrogen and oxygen atoms in total. The molecule has 0 aliphatic heterocycles. The van der Waals surface area contributed by atoms with E-state index in [1.165, 1.54) is 4.90 Å². The molecule has 1 aliphatic carbocycles. The predicted octanol–water partition coefficient (Wildman–Crippen LogP) is 4.17. The smallest absolute Gasteiger partial charge is 0.410 e. The fraction of sp³-hybridized carbons (Fsp3) is 0.667. The third kappa shape index (κ3) is 8.82. The Hall–Kier alpha value is -2.37. The zero-order chi connectivity index (χ0) is 24.6. The average Bonchev–Trinajstić information content (AvgIpc) is 2.71. The number of ketones is 1. The van der Waals surface area contributed by atoms with Crippen molar-refractivity contribution in [2.75, 3.05) is 32.6 Å². The van der Waals surface area contributed by atoms with Gasteiger partial charge in [0.05, 0.1) is 11.6 Å². The van der Waals surface area contributed by atoms with Crippen molar-refractivity contribution in [1.29, 1.82) is 0 Å². The molecule has 33 heavy (non-hydrogen) atoms. The van der Waals surface area contributed by atoms with Crippen LogP contribution in [0.15, 0.2) is 6.20 Å². The molecule has 0 saturated heterocycles. The number of halogens is 1. The molecule has 0 radical (unpaired) electrons. The molecule has 1 amide bonds. The Balaban J connectivity index is 1.85. The van der Waals surface area contributed by atoms with Gasteiger partial charge in [0.25, 0.3) is 0 Å². The number of rotatable bonds is 9. The number of nitrogens with one attached hydrogen (secondary N) is 1. The number of likely N-dealkylation sites (N-methyl/N-ethyl adjacent to an activating group) is 1. The first-order chi connectivity index (χ1) is 15.5. The molecule has 0 spiro atoms. The van der Waals surface area contributed by atoms with Gasteiger partial charge in [0.2, 0.25) is 5.28 Å². The molecule has 1 fully saturated rings. The second kappa shape index (κ2) is 12.2. The summed E-state index contributed by atoms with van der Waals surface area (Å²) >= 11 is 5.92. The number of ether oxygens (including phenoxy) is 2. The number of Topliss-reactive ketones (excluding diaryl/α,β-unsaturated/α-hetero) is 1. The Kier molecular flexibility index (Phi) is 9.93. The number of anilines is 1. The summed E-state index contributed by atoms with van der Waals surface area (Å²) in [5.74, 6) is 7.56. The van der Waals surface area contributed by atoms with Crippen LogP contribution in [0.4, 0.5) is 10.6 Å². The normalized spacial score (nSPS) is 18.4. The van der Waals surface area contributed by atoms with Crippen molar-refractivity contribution in [3.05, 3.63) is 17.0 Å². The molecule has 0 bridgehead atoms. The molecule has 182 valence electrons. The minimum Gasteiger partial charge on any atom is -0.444 e. The van der Waals surface area contributed by atoms with Crippen LogP contribution in [0.5, 0.6) is 0 Å². The van der Waals surface area contributed by atoms with Gasteiger partial charge < -0.3 is 19.7 Å². The van der Waals surface area contributed by atoms with Gasteiger partial charge in [0, 0.05) is 45.8 Å². The van der Waals surface area contributed by atoms with E-state index in [-0.39, 0.29) is 22.9 Å². The minimum absolute atomic E-state index is 0.0356. The molecule has 0 aromatic carbocycles. The maximum atomic E-state index is 12.6. The summed E-state index contributed by atoms with van der Waals surface area (Å²) in [6.45, 7) is 8.50. The lowest BCUT2D eigenvalue weighted by Gasteiger charge is -2.33. The molecular formula is C24H35ClN4O4. The number of nitrogens with zero attached hydrogens (tertiary/aromatic N) is 3. The molecule has 9 heteroatoms. The van der Waals surface area contributed by atoms with Crippen LogP contribution in [0.2, 0.25) is 5.28 Å². The van der Waals surface area contributed by atoms with Gasteiger partial charge in [-0.2, -0.15) is 4.98 Å². The average molecular weight is 479 g/mol. The zero-order valence-corrected chi connectivity index (χ0v) is 21.2. The van der Waals surface area contributed by atoms with Gasteiger partial charge >= 0.3 is 6.09 Å². The molecule has 1 aliphatic rings. The van der Waals surface area contributed by atoms with Crippen LogP contribution in [-0.4, -0.2) is 65.7 Å². The first-order valence-electron chi connectivity index (χ1n) is 11.3. The number of hydrogen-bond acceptors (Lipinski definition) is 7. The zero-order valence-electron chi connectivity index (χ0n) is 20.4. The maximum Gasteiger partial charge on any atom is 0.410 e. The molecule has 1 atom stereocenters. The maximum absolute atomic E-state index is 12.6. The van der Waals surface area contributed by atoms with Gasteiger partial charge in [0.15, 0.2) is 5.78 Å². The third-order valence-corrected chi connectivity index (χ3v) is 5.62. The highest BCUT2D eigenvalue weighted by Crippen LogP contribution is 2.36. The number of carbonyl (C=O) groups excluding carboxylic acids is 2. The molecule has 1 aromatic heterocycles. The number of amides is 1. The van der Waals surface area contributed by atoms with Gasteiger partial charge in [-0.05, 0) is 64.5 Å². The highest BCUT2D eigenvalue weighted by molar-refractivity contribution is 6.28. The summed E-state index contributed by atoms with van der Waals surface area (Å²) in [6, 6.07) is -0.525. The minimum atomic E-state index is -0.595. The molecule has 1 N–H and O–H groups in total. The van der Waals surface area contributed by atoms with E-state index < -0.39 is 17.7 Å². The van der Waals surface area contributed by atoms with Crippen molar-refractivity contribution in [2.24, 2.45) is 11.8 Å². The van der Waals surface area contributed by atoms with Crippen molar-refractivity contribution in [1.82, 2.24) is 14.9 Å². The number of aromatic nitrogens is 2. The first-order valence-corrected chi connectivity index (χ1v) is 11.6. The third-order valence-electron chi connectivity index (χ3n) is 5.44. The Morgan fingerprint density at radius 3 is 2.70 bits per heavy atom. The SMILES string of the molecule is COCCCNc1nc(Cl)ncc1C#CC1CC(CC(=O)[C@H](C)N(C)C(=O)OC(C)(C)C)C1. The summed E-state index contributed by atoms with van der Waals surface area (Å²) in [7, 11) is 3.26. The van der Waals surface area contributed by atoms with Crippen LogP contribution in [0, 0.1) is 23.7 Å². The van der Waals surface area contributed by atoms with Gasteiger partial charge in [-0.25, -0.2) is 9.78 Å². The summed E-state index contributed by atoms with van der Waals surface area (Å²) in [4.78, 5) is 34.5. The van der Waals surface area contributed by atoms with Crippen LogP contribution in [-0.2, 0) is 14.3 Å². The summed E-state index contributed by atoms with van der Waals surface area (Å²) < 4.78 is 10.4. The number of hydrogen-bond donors (Lipinski definition) is 1.